The largest absolute Gasteiger partial charge is 0.463 e. The van der Waals surface area contributed by atoms with Crippen LogP contribution in [-0.2, 0) is 4.74 Å². The van der Waals surface area contributed by atoms with Crippen molar-refractivity contribution in [2.45, 2.75) is 0 Å². The first-order chi connectivity index (χ1) is 6.74. The predicted octanol–water partition coefficient (Wildman–Crippen LogP) is 1.17. The molecule has 0 aromatic carbocycles. The Morgan fingerprint density at radius 3 is 3.07 bits per heavy atom. The zero-order valence-corrected chi connectivity index (χ0v) is 8.02. The van der Waals surface area contributed by atoms with Crippen LogP contribution in [0.15, 0.2) is 18.6 Å². The summed E-state index contributed by atoms with van der Waals surface area (Å²) in [4.78, 5) is 19.0. The first kappa shape index (κ1) is 8.96. The molecule has 6 heteroatoms. The van der Waals surface area contributed by atoms with Crippen molar-refractivity contribution in [3.63, 3.8) is 0 Å². The second-order valence-electron chi connectivity index (χ2n) is 2.55. The molecule has 0 radical (unpaired) electrons. The highest BCUT2D eigenvalue weighted by Crippen LogP contribution is 2.15. The van der Waals surface area contributed by atoms with Crippen LogP contribution in [-0.4, -0.2) is 27.4 Å². The summed E-state index contributed by atoms with van der Waals surface area (Å²) in [7, 11) is 1.30. The fourth-order valence-corrected chi connectivity index (χ4v) is 1.33. The molecule has 0 bridgehead atoms. The molecule has 0 spiro atoms. The maximum atomic E-state index is 11.2. The fraction of sp³-hybridized carbons (Fsp3) is 0.125. The summed E-state index contributed by atoms with van der Waals surface area (Å²) in [6.07, 6.45) is 4.56. The van der Waals surface area contributed by atoms with Crippen molar-refractivity contribution in [2.24, 2.45) is 0 Å². The fourth-order valence-electron chi connectivity index (χ4n) is 1.14. The number of carbonyl (C=O) groups excluding carboxylic acids is 1. The molecule has 0 saturated heterocycles. The first-order valence-corrected chi connectivity index (χ1v) is 4.17. The number of fused-ring (bicyclic) bond motifs is 1. The molecule has 2 heterocycles. The molecule has 0 fully saturated rings. The van der Waals surface area contributed by atoms with Gasteiger partial charge in [0.25, 0.3) is 0 Å². The quantitative estimate of drug-likeness (QED) is 0.665. The standard InChI is InChI=1S/C8H6ClN3O2/c1-14-8(13)7-11-4-5-6(9)10-2-3-12(5)7/h2-4H,1H3. The van der Waals surface area contributed by atoms with Gasteiger partial charge in [0.2, 0.25) is 5.82 Å². The van der Waals surface area contributed by atoms with Crippen molar-refractivity contribution >= 4 is 23.1 Å². The van der Waals surface area contributed by atoms with E-state index in [0.29, 0.717) is 10.7 Å². The van der Waals surface area contributed by atoms with Crippen LogP contribution in [0.1, 0.15) is 10.6 Å². The van der Waals surface area contributed by atoms with E-state index < -0.39 is 5.97 Å². The zero-order valence-electron chi connectivity index (χ0n) is 7.27. The Kier molecular flexibility index (Phi) is 2.09. The Bertz CT molecular complexity index is 494. The molecule has 2 aromatic rings. The lowest BCUT2D eigenvalue weighted by Crippen LogP contribution is -2.06. The molecular weight excluding hydrogens is 206 g/mol. The lowest BCUT2D eigenvalue weighted by atomic mass is 10.5. The Hall–Kier alpha value is -1.62. The number of halogens is 1. The number of ether oxygens (including phenoxy) is 1. The van der Waals surface area contributed by atoms with Crippen LogP contribution in [0, 0.1) is 0 Å². The van der Waals surface area contributed by atoms with Gasteiger partial charge in [-0.25, -0.2) is 14.8 Å². The van der Waals surface area contributed by atoms with Crippen LogP contribution in [0.5, 0.6) is 0 Å². The Morgan fingerprint density at radius 2 is 2.36 bits per heavy atom. The Balaban J connectivity index is 2.70. The monoisotopic (exact) mass is 211 g/mol. The van der Waals surface area contributed by atoms with Crippen LogP contribution in [0.3, 0.4) is 0 Å². The average Bonchev–Trinajstić information content (AvgIpc) is 2.62. The molecule has 72 valence electrons. The van der Waals surface area contributed by atoms with Gasteiger partial charge in [0, 0.05) is 12.4 Å². The summed E-state index contributed by atoms with van der Waals surface area (Å²) in [5.74, 6) is -0.320. The van der Waals surface area contributed by atoms with Gasteiger partial charge in [-0.1, -0.05) is 11.6 Å². The third kappa shape index (κ3) is 1.22. The average molecular weight is 212 g/mol. The molecule has 5 nitrogen and oxygen atoms in total. The van der Waals surface area contributed by atoms with Gasteiger partial charge < -0.3 is 4.74 Å². The van der Waals surface area contributed by atoms with E-state index in [1.165, 1.54) is 23.9 Å². The molecule has 14 heavy (non-hydrogen) atoms. The zero-order chi connectivity index (χ0) is 10.1. The molecule has 2 rings (SSSR count). The van der Waals surface area contributed by atoms with Crippen molar-refractivity contribution in [2.75, 3.05) is 7.11 Å². The van der Waals surface area contributed by atoms with E-state index in [1.54, 1.807) is 6.20 Å². The van der Waals surface area contributed by atoms with Gasteiger partial charge in [-0.2, -0.15) is 0 Å². The maximum Gasteiger partial charge on any atom is 0.374 e. The molecule has 0 N–H and O–H groups in total. The highest BCUT2D eigenvalue weighted by molar-refractivity contribution is 6.32. The van der Waals surface area contributed by atoms with E-state index in [-0.39, 0.29) is 5.82 Å². The predicted molar refractivity (Wildman–Crippen MR) is 49.3 cm³/mol. The number of hydrogen-bond donors (Lipinski definition) is 0. The molecule has 0 saturated carbocycles. The van der Waals surface area contributed by atoms with Gasteiger partial charge in [0.05, 0.1) is 13.3 Å². The second-order valence-corrected chi connectivity index (χ2v) is 2.90. The highest BCUT2D eigenvalue weighted by Gasteiger charge is 2.14. The number of methoxy groups -OCH3 is 1. The van der Waals surface area contributed by atoms with E-state index in [9.17, 15) is 4.79 Å². The summed E-state index contributed by atoms with van der Waals surface area (Å²) in [5, 5.41) is 0.301. The third-order valence-electron chi connectivity index (χ3n) is 1.78. The van der Waals surface area contributed by atoms with Crippen molar-refractivity contribution in [1.82, 2.24) is 14.4 Å². The number of carbonyl (C=O) groups is 1. The number of esters is 1. The normalized spacial score (nSPS) is 10.4. The van der Waals surface area contributed by atoms with Crippen LogP contribution in [0.2, 0.25) is 5.15 Å². The molecule has 0 atom stereocenters. The molecule has 0 aliphatic heterocycles. The molecule has 0 amide bonds. The van der Waals surface area contributed by atoms with Gasteiger partial charge in [0.1, 0.15) is 5.52 Å². The minimum absolute atomic E-state index is 0.187. The van der Waals surface area contributed by atoms with Gasteiger partial charge >= 0.3 is 5.97 Å². The van der Waals surface area contributed by atoms with Crippen LogP contribution < -0.4 is 0 Å². The molecular formula is C8H6ClN3O2. The number of aromatic nitrogens is 3. The summed E-state index contributed by atoms with van der Waals surface area (Å²) >= 11 is 5.79. The molecule has 2 aromatic heterocycles. The van der Waals surface area contributed by atoms with Crippen molar-refractivity contribution in [3.8, 4) is 0 Å². The molecule has 0 unspecified atom stereocenters. The van der Waals surface area contributed by atoms with Crippen LogP contribution in [0.25, 0.3) is 5.52 Å². The highest BCUT2D eigenvalue weighted by atomic mass is 35.5. The second kappa shape index (κ2) is 3.26. The van der Waals surface area contributed by atoms with E-state index in [1.807, 2.05) is 0 Å². The van der Waals surface area contributed by atoms with Crippen LogP contribution >= 0.6 is 11.6 Å². The van der Waals surface area contributed by atoms with Gasteiger partial charge in [-0.05, 0) is 0 Å². The lowest BCUT2D eigenvalue weighted by Gasteiger charge is -1.98. The first-order valence-electron chi connectivity index (χ1n) is 3.80. The summed E-state index contributed by atoms with van der Waals surface area (Å²) in [6, 6.07) is 0. The van der Waals surface area contributed by atoms with E-state index in [2.05, 4.69) is 14.7 Å². The Morgan fingerprint density at radius 1 is 1.57 bits per heavy atom. The number of rotatable bonds is 1. The number of hydrogen-bond acceptors (Lipinski definition) is 4. The van der Waals surface area contributed by atoms with Crippen molar-refractivity contribution in [1.29, 1.82) is 0 Å². The maximum absolute atomic E-state index is 11.2. The van der Waals surface area contributed by atoms with Gasteiger partial charge in [0.15, 0.2) is 5.15 Å². The minimum atomic E-state index is -0.507. The SMILES string of the molecule is COC(=O)c1ncc2c(Cl)nccn12. The number of imidazole rings is 1. The van der Waals surface area contributed by atoms with Crippen molar-refractivity contribution in [3.05, 3.63) is 29.6 Å². The summed E-state index contributed by atoms with van der Waals surface area (Å²) in [5.41, 5.74) is 0.578. The lowest BCUT2D eigenvalue weighted by molar-refractivity contribution is 0.0586. The van der Waals surface area contributed by atoms with Crippen LogP contribution in [0.4, 0.5) is 0 Å². The smallest absolute Gasteiger partial charge is 0.374 e. The summed E-state index contributed by atoms with van der Waals surface area (Å²) in [6.45, 7) is 0. The molecule has 0 aliphatic carbocycles. The van der Waals surface area contributed by atoms with E-state index >= 15 is 0 Å². The molecule has 0 aliphatic rings. The number of nitrogens with zero attached hydrogens (tertiary/aromatic N) is 3. The van der Waals surface area contributed by atoms with Gasteiger partial charge in [-0.15, -0.1) is 0 Å². The Labute approximate surface area is 84.3 Å². The van der Waals surface area contributed by atoms with E-state index in [4.69, 9.17) is 11.6 Å². The summed E-state index contributed by atoms with van der Waals surface area (Å²) < 4.78 is 6.09. The third-order valence-corrected chi connectivity index (χ3v) is 2.07. The topological polar surface area (TPSA) is 56.5 Å². The van der Waals surface area contributed by atoms with Gasteiger partial charge in [-0.3, -0.25) is 4.40 Å². The van der Waals surface area contributed by atoms with E-state index in [0.717, 1.165) is 0 Å². The minimum Gasteiger partial charge on any atom is -0.463 e. The van der Waals surface area contributed by atoms with Crippen molar-refractivity contribution < 1.29 is 9.53 Å².